The first kappa shape index (κ1) is 13.1. The molecule has 2 rings (SSSR count). The van der Waals surface area contributed by atoms with Crippen LogP contribution >= 0.6 is 11.8 Å². The van der Waals surface area contributed by atoms with Gasteiger partial charge in [0.25, 0.3) is 0 Å². The smallest absolute Gasteiger partial charge is 0.0992 e. The Bertz CT molecular complexity index is 445. The lowest BCUT2D eigenvalue weighted by Crippen LogP contribution is -2.27. The number of nitrogen functional groups attached to an aromatic ring is 1. The van der Waals surface area contributed by atoms with Crippen molar-refractivity contribution in [2.24, 2.45) is 0 Å². The fraction of sp³-hybridized carbons (Fsp3) is 0.500. The van der Waals surface area contributed by atoms with Crippen LogP contribution in [0.3, 0.4) is 0 Å². The van der Waals surface area contributed by atoms with Gasteiger partial charge in [-0.1, -0.05) is 0 Å². The molecule has 0 saturated heterocycles. The van der Waals surface area contributed by atoms with Crippen molar-refractivity contribution in [1.82, 2.24) is 0 Å². The van der Waals surface area contributed by atoms with Crippen molar-refractivity contribution in [2.45, 2.75) is 37.0 Å². The molecule has 1 saturated carbocycles. The summed E-state index contributed by atoms with van der Waals surface area (Å²) >= 11 is 1.97. The van der Waals surface area contributed by atoms with Gasteiger partial charge in [0.05, 0.1) is 23.0 Å². The molecule has 3 nitrogen and oxygen atoms in total. The monoisotopic (exact) mass is 261 g/mol. The second-order valence-corrected chi connectivity index (χ2v) is 5.91. The Balaban J connectivity index is 1.96. The van der Waals surface area contributed by atoms with E-state index in [9.17, 15) is 0 Å². The van der Waals surface area contributed by atoms with Crippen LogP contribution in [0.5, 0.6) is 0 Å². The molecule has 4 heteroatoms. The van der Waals surface area contributed by atoms with Gasteiger partial charge in [0.1, 0.15) is 0 Å². The maximum atomic E-state index is 8.80. The number of thioether (sulfide) groups is 1. The molecule has 96 valence electrons. The van der Waals surface area contributed by atoms with E-state index in [4.69, 9.17) is 11.0 Å². The summed E-state index contributed by atoms with van der Waals surface area (Å²) in [5.74, 6) is 0. The van der Waals surface area contributed by atoms with Crippen LogP contribution in [0, 0.1) is 11.3 Å². The highest BCUT2D eigenvalue weighted by Crippen LogP contribution is 2.30. The number of anilines is 2. The fourth-order valence-electron chi connectivity index (χ4n) is 2.43. The summed E-state index contributed by atoms with van der Waals surface area (Å²) in [7, 11) is 0. The summed E-state index contributed by atoms with van der Waals surface area (Å²) in [6, 6.07) is 8.07. The lowest BCUT2D eigenvalue weighted by atomic mass is 9.94. The molecule has 0 aliphatic heterocycles. The third-order valence-corrected chi connectivity index (χ3v) is 4.69. The first-order valence-corrected chi connectivity index (χ1v) is 7.60. The van der Waals surface area contributed by atoms with Gasteiger partial charge in [-0.25, -0.2) is 0 Å². The highest BCUT2D eigenvalue weighted by atomic mass is 32.2. The lowest BCUT2D eigenvalue weighted by Gasteiger charge is -2.29. The van der Waals surface area contributed by atoms with Crippen molar-refractivity contribution >= 4 is 23.1 Å². The Labute approximate surface area is 113 Å². The van der Waals surface area contributed by atoms with Gasteiger partial charge < -0.3 is 11.1 Å². The molecule has 3 N–H and O–H groups in total. The first-order chi connectivity index (χ1) is 8.72. The Morgan fingerprint density at radius 2 is 2.06 bits per heavy atom. The zero-order valence-electron chi connectivity index (χ0n) is 10.6. The molecule has 1 aromatic rings. The Hall–Kier alpha value is -1.34. The van der Waals surface area contributed by atoms with Gasteiger partial charge in [-0.2, -0.15) is 17.0 Å². The highest BCUT2D eigenvalue weighted by molar-refractivity contribution is 7.99. The van der Waals surface area contributed by atoms with Crippen LogP contribution in [-0.2, 0) is 0 Å². The summed E-state index contributed by atoms with van der Waals surface area (Å²) in [4.78, 5) is 0. The second-order valence-electron chi connectivity index (χ2n) is 4.77. The van der Waals surface area contributed by atoms with Gasteiger partial charge in [-0.3, -0.25) is 0 Å². The molecular formula is C14H19N3S. The third kappa shape index (κ3) is 3.11. The number of nitriles is 1. The van der Waals surface area contributed by atoms with E-state index in [-0.39, 0.29) is 0 Å². The Kier molecular flexibility index (Phi) is 4.38. The number of nitrogens with one attached hydrogen (secondary N) is 1. The lowest BCUT2D eigenvalue weighted by molar-refractivity contribution is 0.473. The van der Waals surface area contributed by atoms with Crippen molar-refractivity contribution in [3.8, 4) is 6.07 Å². The van der Waals surface area contributed by atoms with Gasteiger partial charge in [-0.15, -0.1) is 0 Å². The van der Waals surface area contributed by atoms with Crippen molar-refractivity contribution in [2.75, 3.05) is 17.3 Å². The summed E-state index contributed by atoms with van der Waals surface area (Å²) in [5, 5.41) is 13.1. The zero-order chi connectivity index (χ0) is 13.0. The van der Waals surface area contributed by atoms with Gasteiger partial charge in [0.15, 0.2) is 0 Å². The average Bonchev–Trinajstić information content (AvgIpc) is 2.42. The molecule has 0 amide bonds. The number of hydrogen-bond donors (Lipinski definition) is 2. The summed E-state index contributed by atoms with van der Waals surface area (Å²) < 4.78 is 0. The normalized spacial score (nSPS) is 23.3. The molecule has 0 aromatic heterocycles. The van der Waals surface area contributed by atoms with E-state index in [0.29, 0.717) is 17.3 Å². The predicted octanol–water partition coefficient (Wildman–Crippen LogP) is 3.23. The first-order valence-electron chi connectivity index (χ1n) is 6.32. The number of hydrogen-bond acceptors (Lipinski definition) is 4. The van der Waals surface area contributed by atoms with E-state index in [0.717, 1.165) is 10.9 Å². The summed E-state index contributed by atoms with van der Waals surface area (Å²) in [6.45, 7) is 0. The average molecular weight is 261 g/mol. The van der Waals surface area contributed by atoms with E-state index in [1.54, 1.807) is 6.07 Å². The zero-order valence-corrected chi connectivity index (χ0v) is 11.5. The van der Waals surface area contributed by atoms with Crippen LogP contribution in [-0.4, -0.2) is 17.5 Å². The quantitative estimate of drug-likeness (QED) is 0.820. The van der Waals surface area contributed by atoms with Crippen molar-refractivity contribution < 1.29 is 0 Å². The minimum Gasteiger partial charge on any atom is -0.397 e. The van der Waals surface area contributed by atoms with E-state index in [1.165, 1.54) is 25.7 Å². The molecule has 0 bridgehead atoms. The molecule has 1 aliphatic carbocycles. The molecule has 0 heterocycles. The molecule has 0 spiro atoms. The number of nitrogens with zero attached hydrogens (tertiary/aromatic N) is 1. The molecular weight excluding hydrogens is 242 g/mol. The van der Waals surface area contributed by atoms with E-state index in [2.05, 4.69) is 17.6 Å². The van der Waals surface area contributed by atoms with Crippen molar-refractivity contribution in [3.05, 3.63) is 23.8 Å². The summed E-state index contributed by atoms with van der Waals surface area (Å²) in [6.07, 6.45) is 7.14. The van der Waals surface area contributed by atoms with Crippen LogP contribution < -0.4 is 11.1 Å². The van der Waals surface area contributed by atoms with Crippen molar-refractivity contribution in [1.29, 1.82) is 5.26 Å². The fourth-order valence-corrected chi connectivity index (χ4v) is 3.17. The van der Waals surface area contributed by atoms with Gasteiger partial charge in [-0.05, 0) is 50.1 Å². The maximum Gasteiger partial charge on any atom is 0.0992 e. The Morgan fingerprint density at radius 1 is 1.33 bits per heavy atom. The SMILES string of the molecule is CSC1CCC(Nc2ccc(C#N)cc2N)CC1. The molecule has 0 radical (unpaired) electrons. The largest absolute Gasteiger partial charge is 0.397 e. The predicted molar refractivity (Wildman–Crippen MR) is 78.8 cm³/mol. The minimum atomic E-state index is 0.517. The molecule has 18 heavy (non-hydrogen) atoms. The van der Waals surface area contributed by atoms with Gasteiger partial charge in [0.2, 0.25) is 0 Å². The van der Waals surface area contributed by atoms with Crippen LogP contribution in [0.15, 0.2) is 18.2 Å². The van der Waals surface area contributed by atoms with Gasteiger partial charge in [0, 0.05) is 11.3 Å². The minimum absolute atomic E-state index is 0.517. The van der Waals surface area contributed by atoms with Crippen LogP contribution in [0.2, 0.25) is 0 Å². The topological polar surface area (TPSA) is 61.8 Å². The number of benzene rings is 1. The maximum absolute atomic E-state index is 8.80. The third-order valence-electron chi connectivity index (χ3n) is 3.55. The Morgan fingerprint density at radius 3 is 2.61 bits per heavy atom. The molecule has 1 aromatic carbocycles. The van der Waals surface area contributed by atoms with Crippen LogP contribution in [0.1, 0.15) is 31.2 Å². The van der Waals surface area contributed by atoms with E-state index >= 15 is 0 Å². The van der Waals surface area contributed by atoms with Crippen LogP contribution in [0.4, 0.5) is 11.4 Å². The molecule has 0 unspecified atom stereocenters. The molecule has 1 aliphatic rings. The molecule has 0 atom stereocenters. The van der Waals surface area contributed by atoms with Gasteiger partial charge >= 0.3 is 0 Å². The number of rotatable bonds is 3. The van der Waals surface area contributed by atoms with Crippen LogP contribution in [0.25, 0.3) is 0 Å². The second kappa shape index (κ2) is 6.01. The number of nitrogens with two attached hydrogens (primary N) is 1. The molecule has 1 fully saturated rings. The van der Waals surface area contributed by atoms with Crippen molar-refractivity contribution in [3.63, 3.8) is 0 Å². The van der Waals surface area contributed by atoms with E-state index < -0.39 is 0 Å². The highest BCUT2D eigenvalue weighted by Gasteiger charge is 2.20. The summed E-state index contributed by atoms with van der Waals surface area (Å²) in [5.41, 5.74) is 8.19. The standard InChI is InChI=1S/C14H19N3S/c1-18-12-5-3-11(4-6-12)17-14-7-2-10(9-15)8-13(14)16/h2,7-8,11-12,17H,3-6,16H2,1H3. The van der Waals surface area contributed by atoms with E-state index in [1.807, 2.05) is 23.9 Å².